The number of carbonyl (C=O) groups excluding carboxylic acids is 1. The molecule has 0 saturated carbocycles. The van der Waals surface area contributed by atoms with E-state index in [-0.39, 0.29) is 0 Å². The van der Waals surface area contributed by atoms with Crippen LogP contribution in [0.4, 0.5) is 4.39 Å². The summed E-state index contributed by atoms with van der Waals surface area (Å²) in [6.07, 6.45) is 0. The Hall–Kier alpha value is -0.220. The van der Waals surface area contributed by atoms with E-state index in [0.717, 1.165) is 0 Å². The first-order valence-corrected chi connectivity index (χ1v) is 4.77. The summed E-state index contributed by atoms with van der Waals surface area (Å²) in [6.45, 7) is 0. The molecule has 1 aromatic carbocycles. The fraction of sp³-hybridized carbons (Fsp3) is 0.125. The maximum atomic E-state index is 13.0. The maximum Gasteiger partial charge on any atom is 0.280 e. The van der Waals surface area contributed by atoms with E-state index in [9.17, 15) is 9.18 Å². The fourth-order valence-electron chi connectivity index (χ4n) is 0.753. The molecular weight excluding hydrogens is 291 g/mol. The molecule has 1 rings (SSSR count). The lowest BCUT2D eigenvalue weighted by Gasteiger charge is -2.07. The summed E-state index contributed by atoms with van der Waals surface area (Å²) in [6, 6.07) is 8.23. The summed E-state index contributed by atoms with van der Waals surface area (Å²) < 4.78 is 10.8. The van der Waals surface area contributed by atoms with Gasteiger partial charge in [-0.1, -0.05) is 30.3 Å². The molecule has 0 spiro atoms. The Labute approximate surface area is 86.2 Å². The van der Waals surface area contributed by atoms with Crippen LogP contribution < -0.4 is 0 Å². The maximum absolute atomic E-state index is 13.0. The zero-order chi connectivity index (χ0) is 9.19. The number of benzene rings is 1. The zero-order valence-corrected chi connectivity index (χ0v) is 9.10. The smallest absolute Gasteiger partial charge is 0.280 e. The Kier molecular flexibility index (Phi) is 3.01. The molecule has 0 saturated heterocycles. The van der Waals surface area contributed by atoms with Crippen LogP contribution in [0.5, 0.6) is 0 Å². The van der Waals surface area contributed by atoms with Gasteiger partial charge < -0.3 is 0 Å². The predicted octanol–water partition coefficient (Wildman–Crippen LogP) is 3.28. The van der Waals surface area contributed by atoms with Crippen LogP contribution in [-0.2, 0) is 0 Å². The molecule has 0 radical (unpaired) electrons. The van der Waals surface area contributed by atoms with Gasteiger partial charge in [-0.15, -0.1) is 0 Å². The van der Waals surface area contributed by atoms with Crippen LogP contribution in [0.2, 0.25) is 0 Å². The van der Waals surface area contributed by atoms with Gasteiger partial charge in [0.05, 0.1) is 0 Å². The van der Waals surface area contributed by atoms with Gasteiger partial charge in [-0.05, 0) is 31.9 Å². The Morgan fingerprint density at radius 1 is 1.25 bits per heavy atom. The first-order chi connectivity index (χ1) is 5.52. The molecule has 0 heterocycles. The molecule has 0 aliphatic rings. The van der Waals surface area contributed by atoms with Gasteiger partial charge in [0, 0.05) is 5.56 Å². The van der Waals surface area contributed by atoms with Gasteiger partial charge >= 0.3 is 0 Å². The molecule has 0 aliphatic carbocycles. The third-order valence-electron chi connectivity index (χ3n) is 1.29. The van der Waals surface area contributed by atoms with Gasteiger partial charge in [0.15, 0.2) is 0 Å². The normalized spacial score (nSPS) is 11.2. The fourth-order valence-corrected chi connectivity index (χ4v) is 1.21. The Bertz CT molecular complexity index is 279. The molecule has 0 bridgehead atoms. The van der Waals surface area contributed by atoms with Crippen molar-refractivity contribution in [2.24, 2.45) is 0 Å². The second-order valence-electron chi connectivity index (χ2n) is 2.19. The van der Waals surface area contributed by atoms with Crippen molar-refractivity contribution in [1.29, 1.82) is 0 Å². The summed E-state index contributed by atoms with van der Waals surface area (Å²) in [5.41, 5.74) is 0.328. The highest BCUT2D eigenvalue weighted by atomic mass is 79.9. The number of halogens is 3. The molecule has 1 nitrogen and oxygen atoms in total. The van der Waals surface area contributed by atoms with E-state index in [1.807, 2.05) is 0 Å². The standard InChI is InChI=1S/C8H5Br2FO/c9-8(10,11)7(12)6-4-2-1-3-5-6/h1-5H. The highest BCUT2D eigenvalue weighted by Gasteiger charge is 2.32. The van der Waals surface area contributed by atoms with Crippen LogP contribution in [0.1, 0.15) is 10.4 Å². The largest absolute Gasteiger partial charge is 0.288 e. The van der Waals surface area contributed by atoms with Crippen LogP contribution in [0.3, 0.4) is 0 Å². The minimum absolute atomic E-state index is 0.328. The van der Waals surface area contributed by atoms with E-state index in [0.29, 0.717) is 5.56 Å². The van der Waals surface area contributed by atoms with Crippen LogP contribution >= 0.6 is 31.9 Å². The number of alkyl halides is 3. The van der Waals surface area contributed by atoms with Crippen molar-refractivity contribution in [1.82, 2.24) is 0 Å². The van der Waals surface area contributed by atoms with E-state index in [1.165, 1.54) is 0 Å². The lowest BCUT2D eigenvalue weighted by Crippen LogP contribution is -2.18. The number of ketones is 1. The number of rotatable bonds is 2. The van der Waals surface area contributed by atoms with Crippen LogP contribution in [0.25, 0.3) is 0 Å². The van der Waals surface area contributed by atoms with Gasteiger partial charge in [0.1, 0.15) is 0 Å². The average Bonchev–Trinajstić information content (AvgIpc) is 2.03. The molecule has 1 aromatic rings. The summed E-state index contributed by atoms with van der Waals surface area (Å²) in [4.78, 5) is 11.2. The van der Waals surface area contributed by atoms with Crippen LogP contribution in [-0.4, -0.2) is 9.27 Å². The topological polar surface area (TPSA) is 17.1 Å². The van der Waals surface area contributed by atoms with Crippen molar-refractivity contribution in [3.63, 3.8) is 0 Å². The molecule has 0 aliphatic heterocycles. The van der Waals surface area contributed by atoms with Crippen LogP contribution in [0.15, 0.2) is 30.3 Å². The zero-order valence-electron chi connectivity index (χ0n) is 5.93. The summed E-state index contributed by atoms with van der Waals surface area (Å²) in [7, 11) is 0. The highest BCUT2D eigenvalue weighted by Crippen LogP contribution is 2.31. The van der Waals surface area contributed by atoms with Crippen molar-refractivity contribution in [3.8, 4) is 0 Å². The Morgan fingerprint density at radius 3 is 2.17 bits per heavy atom. The van der Waals surface area contributed by atoms with Crippen molar-refractivity contribution in [3.05, 3.63) is 35.9 Å². The van der Waals surface area contributed by atoms with E-state index in [2.05, 4.69) is 31.9 Å². The molecule has 0 fully saturated rings. The van der Waals surface area contributed by atoms with Gasteiger partial charge in [-0.3, -0.25) is 4.79 Å². The first-order valence-electron chi connectivity index (χ1n) is 3.18. The predicted molar refractivity (Wildman–Crippen MR) is 52.5 cm³/mol. The Balaban J connectivity index is 2.94. The van der Waals surface area contributed by atoms with Gasteiger partial charge in [0.25, 0.3) is 3.49 Å². The van der Waals surface area contributed by atoms with Crippen molar-refractivity contribution in [2.45, 2.75) is 3.49 Å². The van der Waals surface area contributed by atoms with Crippen LogP contribution in [0, 0.1) is 0 Å². The minimum Gasteiger partial charge on any atom is -0.288 e. The summed E-state index contributed by atoms with van der Waals surface area (Å²) in [5, 5.41) is 0. The molecule has 0 atom stereocenters. The SMILES string of the molecule is O=C(c1ccccc1)C(F)(Br)Br. The molecule has 12 heavy (non-hydrogen) atoms. The average molecular weight is 296 g/mol. The lowest BCUT2D eigenvalue weighted by molar-refractivity contribution is 0.0926. The van der Waals surface area contributed by atoms with E-state index in [1.54, 1.807) is 30.3 Å². The number of hydrogen-bond acceptors (Lipinski definition) is 1. The second-order valence-corrected chi connectivity index (χ2v) is 5.44. The van der Waals surface area contributed by atoms with Gasteiger partial charge in [-0.25, -0.2) is 4.39 Å². The molecule has 0 N–H and O–H groups in total. The quantitative estimate of drug-likeness (QED) is 0.604. The highest BCUT2D eigenvalue weighted by molar-refractivity contribution is 9.25. The lowest BCUT2D eigenvalue weighted by atomic mass is 10.1. The third-order valence-corrected chi connectivity index (χ3v) is 2.01. The monoisotopic (exact) mass is 294 g/mol. The number of Topliss-reactive ketones (excluding diaryl/α,β-unsaturated/α-hetero) is 1. The molecule has 4 heteroatoms. The van der Waals surface area contributed by atoms with E-state index < -0.39 is 9.27 Å². The third kappa shape index (κ3) is 2.38. The van der Waals surface area contributed by atoms with E-state index >= 15 is 0 Å². The number of hydrogen-bond donors (Lipinski definition) is 0. The van der Waals surface area contributed by atoms with Crippen molar-refractivity contribution in [2.75, 3.05) is 0 Å². The molecule has 0 unspecified atom stereocenters. The molecular formula is C8H5Br2FO. The molecule has 0 amide bonds. The molecule has 0 aromatic heterocycles. The second kappa shape index (κ2) is 3.66. The summed E-state index contributed by atoms with van der Waals surface area (Å²) >= 11 is 5.16. The molecule has 64 valence electrons. The summed E-state index contributed by atoms with van der Waals surface area (Å²) in [5.74, 6) is -0.636. The van der Waals surface area contributed by atoms with Crippen molar-refractivity contribution < 1.29 is 9.18 Å². The Morgan fingerprint density at radius 2 is 1.75 bits per heavy atom. The van der Waals surface area contributed by atoms with Gasteiger partial charge in [-0.2, -0.15) is 0 Å². The minimum atomic E-state index is -2.15. The van der Waals surface area contributed by atoms with E-state index in [4.69, 9.17) is 0 Å². The van der Waals surface area contributed by atoms with Crippen molar-refractivity contribution >= 4 is 37.6 Å². The van der Waals surface area contributed by atoms with Gasteiger partial charge in [0.2, 0.25) is 5.78 Å². The first kappa shape index (κ1) is 9.86. The number of carbonyl (C=O) groups is 1.